The molecule has 0 spiro atoms. The number of nitrogens with two attached hydrogens (primary N) is 1. The quantitative estimate of drug-likeness (QED) is 0.624. The molecule has 0 saturated carbocycles. The summed E-state index contributed by atoms with van der Waals surface area (Å²) < 4.78 is 0. The largest absolute Gasteiger partial charge is 0.376 e. The van der Waals surface area contributed by atoms with Gasteiger partial charge in [0.2, 0.25) is 0 Å². The SMILES string of the molecule is NC(=S)NC(=O)NCc1ncc(C2=CCCC=C2)[nH]1. The van der Waals surface area contributed by atoms with Crippen LogP contribution in [-0.4, -0.2) is 21.1 Å². The van der Waals surface area contributed by atoms with Crippen LogP contribution in [0, 0.1) is 0 Å². The van der Waals surface area contributed by atoms with Crippen LogP contribution < -0.4 is 16.4 Å². The maximum atomic E-state index is 11.3. The van der Waals surface area contributed by atoms with E-state index in [-0.39, 0.29) is 11.7 Å². The zero-order chi connectivity index (χ0) is 13.7. The molecule has 0 unspecified atom stereocenters. The van der Waals surface area contributed by atoms with E-state index >= 15 is 0 Å². The number of H-pyrrole nitrogens is 1. The number of hydrogen-bond donors (Lipinski definition) is 4. The number of urea groups is 1. The molecular formula is C12H15N5OS. The van der Waals surface area contributed by atoms with Gasteiger partial charge in [0.1, 0.15) is 5.82 Å². The number of nitrogens with zero attached hydrogens (tertiary/aromatic N) is 1. The fraction of sp³-hybridized carbons (Fsp3) is 0.250. The van der Waals surface area contributed by atoms with E-state index in [2.05, 4.69) is 51.0 Å². The van der Waals surface area contributed by atoms with E-state index in [1.54, 1.807) is 6.20 Å². The van der Waals surface area contributed by atoms with Crippen LogP contribution in [0.4, 0.5) is 4.79 Å². The van der Waals surface area contributed by atoms with Gasteiger partial charge in [-0.25, -0.2) is 9.78 Å². The van der Waals surface area contributed by atoms with Crippen LogP contribution in [0.5, 0.6) is 0 Å². The monoisotopic (exact) mass is 277 g/mol. The van der Waals surface area contributed by atoms with Crippen LogP contribution in [-0.2, 0) is 6.54 Å². The maximum Gasteiger partial charge on any atom is 0.321 e. The number of carbonyl (C=O) groups excluding carboxylic acids is 1. The van der Waals surface area contributed by atoms with Crippen molar-refractivity contribution in [3.8, 4) is 0 Å². The molecule has 0 bridgehead atoms. The van der Waals surface area contributed by atoms with Crippen LogP contribution in [0.3, 0.4) is 0 Å². The molecular weight excluding hydrogens is 262 g/mol. The van der Waals surface area contributed by atoms with Crippen LogP contribution in [0.25, 0.3) is 5.57 Å². The highest BCUT2D eigenvalue weighted by atomic mass is 32.1. The lowest BCUT2D eigenvalue weighted by Crippen LogP contribution is -2.41. The molecule has 100 valence electrons. The van der Waals surface area contributed by atoms with Gasteiger partial charge in [-0.05, 0) is 30.6 Å². The molecule has 0 radical (unpaired) electrons. The second-order valence-corrected chi connectivity index (χ2v) is 4.49. The van der Waals surface area contributed by atoms with Crippen molar-refractivity contribution in [3.63, 3.8) is 0 Å². The van der Waals surface area contributed by atoms with Gasteiger partial charge >= 0.3 is 6.03 Å². The Bertz CT molecular complexity index is 546. The van der Waals surface area contributed by atoms with Gasteiger partial charge in [0.15, 0.2) is 5.11 Å². The van der Waals surface area contributed by atoms with E-state index in [4.69, 9.17) is 5.73 Å². The summed E-state index contributed by atoms with van der Waals surface area (Å²) in [6.07, 6.45) is 10.2. The Labute approximate surface area is 116 Å². The van der Waals surface area contributed by atoms with Gasteiger partial charge in [0.25, 0.3) is 0 Å². The first-order chi connectivity index (χ1) is 9.15. The van der Waals surface area contributed by atoms with Gasteiger partial charge in [0.05, 0.1) is 18.4 Å². The number of allylic oxidation sites excluding steroid dienone is 4. The second kappa shape index (κ2) is 6.14. The molecule has 2 rings (SSSR count). The fourth-order valence-electron chi connectivity index (χ4n) is 1.73. The van der Waals surface area contributed by atoms with Crippen LogP contribution >= 0.6 is 12.2 Å². The number of aromatic nitrogens is 2. The smallest absolute Gasteiger partial charge is 0.321 e. The fourth-order valence-corrected chi connectivity index (χ4v) is 1.82. The van der Waals surface area contributed by atoms with Crippen molar-refractivity contribution < 1.29 is 4.79 Å². The molecule has 2 amide bonds. The average Bonchev–Trinajstić information content (AvgIpc) is 2.85. The second-order valence-electron chi connectivity index (χ2n) is 4.05. The number of imidazole rings is 1. The Morgan fingerprint density at radius 3 is 3.05 bits per heavy atom. The van der Waals surface area contributed by atoms with Crippen LogP contribution in [0.1, 0.15) is 24.4 Å². The lowest BCUT2D eigenvalue weighted by molar-refractivity contribution is 0.244. The molecule has 1 aromatic rings. The van der Waals surface area contributed by atoms with Gasteiger partial charge in [-0.15, -0.1) is 0 Å². The normalized spacial score (nSPS) is 13.8. The molecule has 1 aliphatic carbocycles. The molecule has 7 heteroatoms. The highest BCUT2D eigenvalue weighted by molar-refractivity contribution is 7.80. The summed E-state index contributed by atoms with van der Waals surface area (Å²) in [6, 6.07) is -0.442. The van der Waals surface area contributed by atoms with Gasteiger partial charge in [-0.3, -0.25) is 5.32 Å². The highest BCUT2D eigenvalue weighted by Gasteiger charge is 2.07. The van der Waals surface area contributed by atoms with Crippen molar-refractivity contribution in [2.24, 2.45) is 5.73 Å². The van der Waals surface area contributed by atoms with Gasteiger partial charge in [0, 0.05) is 0 Å². The third kappa shape index (κ3) is 3.92. The molecule has 0 aliphatic heterocycles. The molecule has 5 N–H and O–H groups in total. The third-order valence-corrected chi connectivity index (χ3v) is 2.69. The number of rotatable bonds is 3. The van der Waals surface area contributed by atoms with Gasteiger partial charge in [-0.1, -0.05) is 18.2 Å². The van der Waals surface area contributed by atoms with Crippen molar-refractivity contribution in [1.82, 2.24) is 20.6 Å². The number of nitrogens with one attached hydrogen (secondary N) is 3. The van der Waals surface area contributed by atoms with Crippen molar-refractivity contribution in [2.75, 3.05) is 0 Å². The number of carbonyl (C=O) groups is 1. The molecule has 0 atom stereocenters. The molecule has 0 fully saturated rings. The Hall–Kier alpha value is -2.15. The molecule has 1 aliphatic rings. The summed E-state index contributed by atoms with van der Waals surface area (Å²) in [7, 11) is 0. The van der Waals surface area contributed by atoms with Gasteiger partial charge in [-0.2, -0.15) is 0 Å². The maximum absolute atomic E-state index is 11.3. The summed E-state index contributed by atoms with van der Waals surface area (Å²) in [4.78, 5) is 18.6. The Kier molecular flexibility index (Phi) is 4.30. The first-order valence-electron chi connectivity index (χ1n) is 5.90. The van der Waals surface area contributed by atoms with Crippen molar-refractivity contribution in [2.45, 2.75) is 19.4 Å². The first kappa shape index (κ1) is 13.3. The van der Waals surface area contributed by atoms with Crippen LogP contribution in [0.15, 0.2) is 24.4 Å². The standard InChI is InChI=1S/C12H15N5OS/c13-11(19)17-12(18)15-7-10-14-6-9(16-10)8-4-2-1-3-5-8/h2,4-6H,1,3,7H2,(H,14,16)(H4,13,15,17,18,19). The minimum atomic E-state index is -0.442. The zero-order valence-corrected chi connectivity index (χ0v) is 11.1. The van der Waals surface area contributed by atoms with Gasteiger partial charge < -0.3 is 16.0 Å². The van der Waals surface area contributed by atoms with E-state index in [0.29, 0.717) is 5.82 Å². The minimum absolute atomic E-state index is 0.0601. The first-order valence-corrected chi connectivity index (χ1v) is 6.31. The Balaban J connectivity index is 1.91. The molecule has 6 nitrogen and oxygen atoms in total. The summed E-state index contributed by atoms with van der Waals surface area (Å²) in [6.45, 7) is 0.283. The lowest BCUT2D eigenvalue weighted by atomic mass is 10.1. The lowest BCUT2D eigenvalue weighted by Gasteiger charge is -2.05. The van der Waals surface area contributed by atoms with E-state index in [9.17, 15) is 4.79 Å². The molecule has 0 saturated heterocycles. The molecule has 19 heavy (non-hydrogen) atoms. The summed E-state index contributed by atoms with van der Waals surface area (Å²) >= 11 is 4.56. The van der Waals surface area contributed by atoms with E-state index in [1.807, 2.05) is 0 Å². The summed E-state index contributed by atoms with van der Waals surface area (Å²) in [5, 5.41) is 4.82. The van der Waals surface area contributed by atoms with Crippen molar-refractivity contribution in [1.29, 1.82) is 0 Å². The number of thiocarbonyl (C=S) groups is 1. The Morgan fingerprint density at radius 2 is 2.37 bits per heavy atom. The van der Waals surface area contributed by atoms with E-state index < -0.39 is 6.03 Å². The topological polar surface area (TPSA) is 95.8 Å². The Morgan fingerprint density at radius 1 is 1.53 bits per heavy atom. The highest BCUT2D eigenvalue weighted by Crippen LogP contribution is 2.19. The van der Waals surface area contributed by atoms with Crippen LogP contribution in [0.2, 0.25) is 0 Å². The number of aromatic amines is 1. The number of hydrogen-bond acceptors (Lipinski definition) is 3. The van der Waals surface area contributed by atoms with E-state index in [1.165, 1.54) is 0 Å². The van der Waals surface area contributed by atoms with Crippen molar-refractivity contribution in [3.05, 3.63) is 35.9 Å². The van der Waals surface area contributed by atoms with Crippen molar-refractivity contribution >= 4 is 28.9 Å². The summed E-state index contributed by atoms with van der Waals surface area (Å²) in [5.41, 5.74) is 7.25. The molecule has 1 aromatic heterocycles. The minimum Gasteiger partial charge on any atom is -0.376 e. The predicted octanol–water partition coefficient (Wildman–Crippen LogP) is 1.19. The summed E-state index contributed by atoms with van der Waals surface area (Å²) in [5.74, 6) is 0.674. The zero-order valence-electron chi connectivity index (χ0n) is 10.3. The predicted molar refractivity (Wildman–Crippen MR) is 77.1 cm³/mol. The van der Waals surface area contributed by atoms with E-state index in [0.717, 1.165) is 24.1 Å². The molecule has 1 heterocycles. The third-order valence-electron chi connectivity index (χ3n) is 2.59. The average molecular weight is 277 g/mol. The molecule has 0 aromatic carbocycles. The number of amides is 2.